The van der Waals surface area contributed by atoms with Crippen molar-refractivity contribution in [3.63, 3.8) is 0 Å². The molecule has 58 heavy (non-hydrogen) atoms. The van der Waals surface area contributed by atoms with E-state index in [2.05, 4.69) is 5.32 Å². The molecule has 0 amide bonds. The molecule has 16 heteroatoms. The minimum Gasteiger partial charge on any atom is 0 e. The van der Waals surface area contributed by atoms with Crippen LogP contribution in [0.25, 0.3) is 26.6 Å². The molecule has 319 valence electrons. The van der Waals surface area contributed by atoms with Crippen molar-refractivity contribution in [1.82, 2.24) is 0 Å². The molecular weight excluding hydrogens is 828 g/mol. The summed E-state index contributed by atoms with van der Waals surface area (Å²) < 4.78 is 22.6. The van der Waals surface area contributed by atoms with Gasteiger partial charge in [0, 0.05) is 5.71 Å². The number of carbonyl (C=O) groups is 4. The molecule has 0 unspecified atom stereocenters. The third kappa shape index (κ3) is 17.7. The van der Waals surface area contributed by atoms with Crippen molar-refractivity contribution in [2.75, 3.05) is 65.7 Å². The molecule has 0 radical (unpaired) electrons. The molecule has 0 spiro atoms. The van der Waals surface area contributed by atoms with Gasteiger partial charge in [-0.1, -0.05) is 72.8 Å². The number of carbonyl (C=O) groups excluding carboxylic acids is 4. The van der Waals surface area contributed by atoms with E-state index in [1.54, 1.807) is 109 Å². The van der Waals surface area contributed by atoms with Crippen LogP contribution in [0, 0.1) is 0 Å². The van der Waals surface area contributed by atoms with Gasteiger partial charge in [-0.25, -0.2) is 19.2 Å². The van der Waals surface area contributed by atoms with Crippen LogP contribution < -0.4 is 0 Å². The van der Waals surface area contributed by atoms with Crippen LogP contribution in [0.2, 0.25) is 0 Å². The van der Waals surface area contributed by atoms with Gasteiger partial charge in [0.15, 0.2) is 0 Å². The monoisotopic (exact) mass is 879 g/mol. The standard InChI is InChI=1S/C42H44N5O8.2ClH.Mn.4H2/c48-39(31-13-5-1-6-14-31)52-27-35-23-43-21-22-44-36(28-53-40(49)32-15-7-2-8-16-32)24-46-38(30-55-42(51)34-19-11-4-12-20-34)26-47-37(25-45-35)29-54-41(50)33-17-9-3-10-18-33;;;;;;;/h1-20,35-38H,21-30H2;2*1H;;4*1H/q-5;;;+2;;;;/p-2/t35-,36-,37-,38-;;;;;;;/m1......./s1. The summed E-state index contributed by atoms with van der Waals surface area (Å²) in [6, 6.07) is 32.3. The van der Waals surface area contributed by atoms with Crippen LogP contribution >= 0.6 is 20.2 Å². The Morgan fingerprint density at radius 1 is 0.448 bits per heavy atom. The Hall–Kier alpha value is -4.34. The van der Waals surface area contributed by atoms with Gasteiger partial charge in [-0.2, -0.15) is 39.3 Å². The second-order valence-electron chi connectivity index (χ2n) is 12.7. The maximum absolute atomic E-state index is 12.9. The van der Waals surface area contributed by atoms with E-state index in [0.717, 1.165) is 0 Å². The first-order valence-corrected chi connectivity index (χ1v) is 21.7. The number of benzene rings is 4. The van der Waals surface area contributed by atoms with Crippen LogP contribution in [0.5, 0.6) is 0 Å². The molecule has 1 aliphatic heterocycles. The third-order valence-electron chi connectivity index (χ3n) is 8.37. The second kappa shape index (κ2) is 27.4. The van der Waals surface area contributed by atoms with E-state index in [-0.39, 0.29) is 71.4 Å². The van der Waals surface area contributed by atoms with E-state index in [0.29, 0.717) is 35.3 Å². The zero-order chi connectivity index (χ0) is 41.2. The zero-order valence-corrected chi connectivity index (χ0v) is 34.3. The van der Waals surface area contributed by atoms with Crippen LogP contribution in [0.4, 0.5) is 0 Å². The average molecular weight is 881 g/mol. The molecule has 1 saturated heterocycles. The van der Waals surface area contributed by atoms with Crippen LogP contribution in [0.1, 0.15) is 47.1 Å². The Bertz CT molecular complexity index is 1680. The van der Waals surface area contributed by atoms with Crippen molar-refractivity contribution >= 4 is 44.1 Å². The first-order chi connectivity index (χ1) is 28.4. The molecule has 0 saturated carbocycles. The van der Waals surface area contributed by atoms with E-state index < -0.39 is 48.0 Å². The maximum Gasteiger partial charge on any atom is 0 e. The second-order valence-corrected chi connectivity index (χ2v) is 14.6. The van der Waals surface area contributed by atoms with Gasteiger partial charge in [-0.05, 0) is 48.5 Å². The summed E-state index contributed by atoms with van der Waals surface area (Å²) in [4.78, 5) is 51.3. The summed E-state index contributed by atoms with van der Waals surface area (Å²) in [5, 5.41) is 23.8. The van der Waals surface area contributed by atoms with Crippen LogP contribution in [-0.2, 0) is 32.1 Å². The zero-order valence-electron chi connectivity index (χ0n) is 31.6. The largest absolute Gasteiger partial charge is 0 e. The molecule has 0 N–H and O–H groups in total. The van der Waals surface area contributed by atoms with E-state index in [1.165, 1.54) is 0 Å². The van der Waals surface area contributed by atoms with Crippen LogP contribution in [0.15, 0.2) is 121 Å². The number of halogens is 2. The number of hydrogen-bond donors (Lipinski definition) is 0. The predicted molar refractivity (Wildman–Crippen MR) is 228 cm³/mol. The average Bonchev–Trinajstić information content (AvgIpc) is 3.28. The Balaban J connectivity index is 0.00000516. The molecular formula is C42H52Cl2MnN5O8-5. The van der Waals surface area contributed by atoms with Gasteiger partial charge >= 0.3 is 57.2 Å². The predicted octanol–water partition coefficient (Wildman–Crippen LogP) is 9.13. The van der Waals surface area contributed by atoms with E-state index in [1.807, 2.05) is 12.1 Å². The topological polar surface area (TPSA) is 176 Å². The van der Waals surface area contributed by atoms with Crippen molar-refractivity contribution in [1.29, 1.82) is 0 Å². The van der Waals surface area contributed by atoms with Gasteiger partial charge in [0.2, 0.25) is 0 Å². The summed E-state index contributed by atoms with van der Waals surface area (Å²) in [7, 11) is 9.59. The molecule has 0 aromatic heterocycles. The number of hydrogen-bond acceptors (Lipinski definition) is 8. The smallest absolute Gasteiger partial charge is 0 e. The van der Waals surface area contributed by atoms with Gasteiger partial charge in [-0.15, -0.1) is 24.2 Å². The van der Waals surface area contributed by atoms with Gasteiger partial charge in [0.05, 0.1) is 48.7 Å². The number of nitrogens with zero attached hydrogens (tertiary/aromatic N) is 5. The molecule has 4 atom stereocenters. The van der Waals surface area contributed by atoms with Gasteiger partial charge in [0.1, 0.15) is 0 Å². The van der Waals surface area contributed by atoms with Crippen molar-refractivity contribution in [3.05, 3.63) is 170 Å². The van der Waals surface area contributed by atoms with Crippen LogP contribution in [-0.4, -0.2) is 114 Å². The molecule has 5 rings (SSSR count). The number of esters is 4. The Kier molecular flexibility index (Phi) is 21.9. The third-order valence-corrected chi connectivity index (χ3v) is 8.37. The van der Waals surface area contributed by atoms with E-state index in [4.69, 9.17) is 60.4 Å². The summed E-state index contributed by atoms with van der Waals surface area (Å²) in [5.41, 5.74) is 1.62. The quantitative estimate of drug-likeness (QED) is 0.0769. The maximum atomic E-state index is 12.9. The summed E-state index contributed by atoms with van der Waals surface area (Å²) in [5.74, 6) is -1.99. The molecule has 13 nitrogen and oxygen atoms in total. The SMILES string of the molecule is O=C(OC[C@H]1C[N-]CC[N-][C@@H](COC(=O)c2ccccc2)C[N-][C@@H](COC(=O)c2ccccc2)C[N-][C@@H](COC(=O)c2ccccc2)C[N-]1)c1ccccc1.[Cl][Mn][Cl].[HH].[HH].[HH].[HH]. The molecule has 0 aliphatic carbocycles. The number of rotatable bonds is 12. The Morgan fingerprint density at radius 3 is 1.00 bits per heavy atom. The Labute approximate surface area is 359 Å². The molecule has 1 heterocycles. The van der Waals surface area contributed by atoms with E-state index in [9.17, 15) is 19.2 Å². The molecule has 0 bridgehead atoms. The minimum absolute atomic E-state index is 0. The van der Waals surface area contributed by atoms with Gasteiger partial charge in [-0.3, -0.25) is 0 Å². The fraction of sp³-hybridized carbons (Fsp3) is 0.333. The molecule has 1 fully saturated rings. The van der Waals surface area contributed by atoms with Gasteiger partial charge < -0.3 is 45.5 Å². The van der Waals surface area contributed by atoms with Gasteiger partial charge in [0.25, 0.3) is 0 Å². The fourth-order valence-corrected chi connectivity index (χ4v) is 5.33. The molecule has 1 aliphatic rings. The normalized spacial score (nSPS) is 19.1. The minimum atomic E-state index is -0.611. The Morgan fingerprint density at radius 2 is 0.707 bits per heavy atom. The summed E-state index contributed by atoms with van der Waals surface area (Å²) in [6.45, 7) is 1.03. The fourth-order valence-electron chi connectivity index (χ4n) is 5.33. The van der Waals surface area contributed by atoms with Crippen molar-refractivity contribution < 1.29 is 57.0 Å². The summed E-state index contributed by atoms with van der Waals surface area (Å²) >= 11 is 0.00694. The van der Waals surface area contributed by atoms with Crippen molar-refractivity contribution in [2.45, 2.75) is 24.2 Å². The van der Waals surface area contributed by atoms with Crippen molar-refractivity contribution in [3.8, 4) is 0 Å². The van der Waals surface area contributed by atoms with Crippen LogP contribution in [0.3, 0.4) is 0 Å². The summed E-state index contributed by atoms with van der Waals surface area (Å²) in [6.07, 6.45) is 0. The first kappa shape index (κ1) is 46.4. The van der Waals surface area contributed by atoms with E-state index >= 15 is 0 Å². The number of ether oxygens (including phenoxy) is 4. The first-order valence-electron chi connectivity index (χ1n) is 18.4. The molecule has 4 aromatic rings. The van der Waals surface area contributed by atoms with Crippen molar-refractivity contribution in [2.24, 2.45) is 0 Å². The molecule has 4 aromatic carbocycles.